The summed E-state index contributed by atoms with van der Waals surface area (Å²) in [4.78, 5) is 0. The normalized spacial score (nSPS) is 32.6. The molecule has 0 spiro atoms. The van der Waals surface area contributed by atoms with E-state index in [4.69, 9.17) is 4.74 Å². The van der Waals surface area contributed by atoms with Crippen molar-refractivity contribution in [3.8, 4) is 0 Å². The van der Waals surface area contributed by atoms with Crippen molar-refractivity contribution in [3.05, 3.63) is 0 Å². The highest BCUT2D eigenvalue weighted by molar-refractivity contribution is 7.91. The minimum atomic E-state index is -2.80. The van der Waals surface area contributed by atoms with E-state index in [-0.39, 0.29) is 5.60 Å². The largest absolute Gasteiger partial charge is 0.372 e. The molecule has 4 nitrogen and oxygen atoms in total. The van der Waals surface area contributed by atoms with Crippen LogP contribution >= 0.6 is 0 Å². The molecule has 1 N–H and O–H groups in total. The molecule has 0 bridgehead atoms. The lowest BCUT2D eigenvalue weighted by molar-refractivity contribution is -0.0274. The molecule has 21 heavy (non-hydrogen) atoms. The Morgan fingerprint density at radius 2 is 2.00 bits per heavy atom. The zero-order valence-corrected chi connectivity index (χ0v) is 14.7. The van der Waals surface area contributed by atoms with Gasteiger partial charge in [-0.2, -0.15) is 0 Å². The molecule has 2 heterocycles. The van der Waals surface area contributed by atoms with Gasteiger partial charge in [-0.25, -0.2) is 8.42 Å². The summed E-state index contributed by atoms with van der Waals surface area (Å²) in [7, 11) is -2.80. The fraction of sp³-hybridized carbons (Fsp3) is 1.00. The molecule has 3 unspecified atom stereocenters. The summed E-state index contributed by atoms with van der Waals surface area (Å²) in [6.07, 6.45) is 4.31. The summed E-state index contributed by atoms with van der Waals surface area (Å²) in [5, 5.41) is 3.49. The third-order valence-electron chi connectivity index (χ3n) is 4.84. The second-order valence-corrected chi connectivity index (χ2v) is 9.99. The van der Waals surface area contributed by atoms with Crippen molar-refractivity contribution in [2.45, 2.75) is 71.1 Å². The van der Waals surface area contributed by atoms with Gasteiger partial charge in [-0.1, -0.05) is 13.8 Å². The Kier molecular flexibility index (Phi) is 5.37. The lowest BCUT2D eigenvalue weighted by Gasteiger charge is -2.28. The number of ether oxygens (including phenoxy) is 1. The van der Waals surface area contributed by atoms with Crippen molar-refractivity contribution in [2.75, 3.05) is 18.1 Å². The number of hydrogen-bond donors (Lipinski definition) is 1. The van der Waals surface area contributed by atoms with Crippen molar-refractivity contribution >= 4 is 9.84 Å². The van der Waals surface area contributed by atoms with Gasteiger partial charge in [0.2, 0.25) is 0 Å². The highest BCUT2D eigenvalue weighted by Gasteiger charge is 2.38. The molecule has 0 saturated carbocycles. The van der Waals surface area contributed by atoms with E-state index in [9.17, 15) is 8.42 Å². The zero-order chi connectivity index (χ0) is 15.7. The van der Waals surface area contributed by atoms with Crippen molar-refractivity contribution in [2.24, 2.45) is 11.8 Å². The van der Waals surface area contributed by atoms with Crippen LogP contribution in [0, 0.1) is 11.8 Å². The average molecular weight is 317 g/mol. The second-order valence-electron chi connectivity index (χ2n) is 7.76. The van der Waals surface area contributed by atoms with E-state index in [1.54, 1.807) is 0 Å². The second kappa shape index (κ2) is 6.55. The van der Waals surface area contributed by atoms with Gasteiger partial charge in [-0.05, 0) is 57.9 Å². The summed E-state index contributed by atoms with van der Waals surface area (Å²) in [5.41, 5.74) is -0.0115. The maximum atomic E-state index is 11.8. The molecule has 0 amide bonds. The van der Waals surface area contributed by atoms with Crippen LogP contribution in [0.15, 0.2) is 0 Å². The van der Waals surface area contributed by atoms with Crippen LogP contribution in [0.1, 0.15) is 53.4 Å². The Morgan fingerprint density at radius 3 is 2.48 bits per heavy atom. The fourth-order valence-electron chi connectivity index (χ4n) is 3.61. The smallest absolute Gasteiger partial charge is 0.150 e. The predicted molar refractivity (Wildman–Crippen MR) is 86.2 cm³/mol. The highest BCUT2D eigenvalue weighted by Crippen LogP contribution is 2.36. The Hall–Kier alpha value is -0.130. The van der Waals surface area contributed by atoms with Gasteiger partial charge < -0.3 is 10.1 Å². The van der Waals surface area contributed by atoms with E-state index >= 15 is 0 Å². The molecular formula is C16H31NO3S. The molecule has 2 fully saturated rings. The van der Waals surface area contributed by atoms with Crippen molar-refractivity contribution < 1.29 is 13.2 Å². The predicted octanol–water partition coefficient (Wildman–Crippen LogP) is 2.38. The van der Waals surface area contributed by atoms with E-state index in [0.717, 1.165) is 32.2 Å². The maximum absolute atomic E-state index is 11.8. The van der Waals surface area contributed by atoms with Gasteiger partial charge in [0.15, 0.2) is 9.84 Å². The topological polar surface area (TPSA) is 55.4 Å². The molecule has 3 atom stereocenters. The Morgan fingerprint density at radius 1 is 1.29 bits per heavy atom. The van der Waals surface area contributed by atoms with Gasteiger partial charge in [-0.15, -0.1) is 0 Å². The summed E-state index contributed by atoms with van der Waals surface area (Å²) < 4.78 is 29.7. The first-order valence-corrected chi connectivity index (χ1v) is 10.1. The van der Waals surface area contributed by atoms with Gasteiger partial charge in [0.25, 0.3) is 0 Å². The van der Waals surface area contributed by atoms with Crippen molar-refractivity contribution in [3.63, 3.8) is 0 Å². The van der Waals surface area contributed by atoms with Crippen LogP contribution in [0.4, 0.5) is 0 Å². The highest BCUT2D eigenvalue weighted by atomic mass is 32.2. The van der Waals surface area contributed by atoms with Crippen LogP contribution in [0.2, 0.25) is 0 Å². The van der Waals surface area contributed by atoms with Gasteiger partial charge in [0.05, 0.1) is 23.2 Å². The molecule has 5 heteroatoms. The third-order valence-corrected chi connectivity index (χ3v) is 6.64. The minimum absolute atomic E-state index is 0.0115. The molecule has 2 rings (SSSR count). The summed E-state index contributed by atoms with van der Waals surface area (Å²) >= 11 is 0. The van der Waals surface area contributed by atoms with Crippen LogP contribution in [0.25, 0.3) is 0 Å². The quantitative estimate of drug-likeness (QED) is 0.817. The van der Waals surface area contributed by atoms with Crippen LogP contribution in [-0.2, 0) is 14.6 Å². The van der Waals surface area contributed by atoms with Gasteiger partial charge in [0, 0.05) is 6.04 Å². The fourth-order valence-corrected chi connectivity index (χ4v) is 5.53. The van der Waals surface area contributed by atoms with Gasteiger partial charge in [0.1, 0.15) is 0 Å². The van der Waals surface area contributed by atoms with Crippen LogP contribution in [-0.4, -0.2) is 44.2 Å². The van der Waals surface area contributed by atoms with Crippen molar-refractivity contribution in [1.29, 1.82) is 0 Å². The number of nitrogens with one attached hydrogen (secondary N) is 1. The lowest BCUT2D eigenvalue weighted by atomic mass is 9.86. The first-order chi connectivity index (χ1) is 9.67. The zero-order valence-electron chi connectivity index (χ0n) is 13.9. The summed E-state index contributed by atoms with van der Waals surface area (Å²) in [6, 6.07) is 0.437. The number of hydrogen-bond acceptors (Lipinski definition) is 4. The average Bonchev–Trinajstić information content (AvgIpc) is 2.87. The third kappa shape index (κ3) is 5.22. The molecule has 0 radical (unpaired) electrons. The number of rotatable bonds is 6. The van der Waals surface area contributed by atoms with E-state index in [2.05, 4.69) is 33.0 Å². The minimum Gasteiger partial charge on any atom is -0.372 e. The Balaban J connectivity index is 1.96. The van der Waals surface area contributed by atoms with E-state index < -0.39 is 9.84 Å². The number of sulfone groups is 1. The molecule has 2 aliphatic rings. The standard InChI is InChI=1S/C16H31NO3S/c1-12(2)17-10-14(13-6-8-21(18,19)11-13)9-15-5-7-16(3,4)20-15/h12-15,17H,5-11H2,1-4H3. The van der Waals surface area contributed by atoms with Crippen LogP contribution < -0.4 is 5.32 Å². The lowest BCUT2D eigenvalue weighted by Crippen LogP contribution is -2.35. The molecule has 2 aliphatic heterocycles. The van der Waals surface area contributed by atoms with E-state index in [1.165, 1.54) is 0 Å². The van der Waals surface area contributed by atoms with Crippen LogP contribution in [0.3, 0.4) is 0 Å². The molecule has 2 saturated heterocycles. The van der Waals surface area contributed by atoms with Gasteiger partial charge in [-0.3, -0.25) is 0 Å². The molecule has 0 aromatic carbocycles. The molecule has 0 aromatic rings. The Bertz CT molecular complexity index is 444. The molecule has 124 valence electrons. The SMILES string of the molecule is CC(C)NCC(CC1CCC(C)(C)O1)C1CCS(=O)(=O)C1. The molecule has 0 aliphatic carbocycles. The van der Waals surface area contributed by atoms with E-state index in [0.29, 0.717) is 35.5 Å². The summed E-state index contributed by atoms with van der Waals surface area (Å²) in [5.74, 6) is 1.44. The van der Waals surface area contributed by atoms with Crippen LogP contribution in [0.5, 0.6) is 0 Å². The maximum Gasteiger partial charge on any atom is 0.150 e. The first kappa shape index (κ1) is 17.2. The van der Waals surface area contributed by atoms with Gasteiger partial charge >= 0.3 is 0 Å². The molecular weight excluding hydrogens is 286 g/mol. The summed E-state index contributed by atoms with van der Waals surface area (Å²) in [6.45, 7) is 9.47. The monoisotopic (exact) mass is 317 g/mol. The molecule has 0 aromatic heterocycles. The first-order valence-electron chi connectivity index (χ1n) is 8.28. The van der Waals surface area contributed by atoms with Crippen molar-refractivity contribution in [1.82, 2.24) is 5.32 Å². The van der Waals surface area contributed by atoms with E-state index in [1.807, 2.05) is 0 Å². The Labute approximate surface area is 129 Å².